The lowest BCUT2D eigenvalue weighted by Crippen LogP contribution is -2.47. The Hall–Kier alpha value is -4.73. The number of thioether (sulfide) groups is 2. The van der Waals surface area contributed by atoms with Gasteiger partial charge in [0.05, 0.1) is 12.4 Å². The Morgan fingerprint density at radius 2 is 1.18 bits per heavy atom. The van der Waals surface area contributed by atoms with E-state index in [9.17, 15) is 23.2 Å². The fraction of sp³-hybridized carbons (Fsp3) is 0.375. The van der Waals surface area contributed by atoms with Crippen LogP contribution in [0, 0.1) is 17.6 Å². The number of rotatable bonds is 11. The van der Waals surface area contributed by atoms with E-state index < -0.39 is 17.5 Å². The van der Waals surface area contributed by atoms with Crippen LogP contribution in [0.1, 0.15) is 59.2 Å². The molecular formula is C40H44F2N6O5S2. The van der Waals surface area contributed by atoms with E-state index in [0.717, 1.165) is 73.1 Å². The Bertz CT molecular complexity index is 1970. The molecule has 7 rings (SSSR count). The summed E-state index contributed by atoms with van der Waals surface area (Å²) in [5.41, 5.74) is 0.161. The van der Waals surface area contributed by atoms with Crippen LogP contribution in [0.15, 0.2) is 82.8 Å². The third-order valence-corrected chi connectivity index (χ3v) is 10.8. The van der Waals surface area contributed by atoms with Crippen molar-refractivity contribution in [1.82, 2.24) is 30.8 Å². The molecule has 3 fully saturated rings. The second-order valence-corrected chi connectivity index (χ2v) is 15.2. The molecule has 0 bridgehead atoms. The molecule has 290 valence electrons. The zero-order valence-corrected chi connectivity index (χ0v) is 32.3. The molecule has 2 saturated heterocycles. The molecule has 0 radical (unpaired) electrons. The lowest BCUT2D eigenvalue weighted by molar-refractivity contribution is -0.133. The van der Waals surface area contributed by atoms with Gasteiger partial charge in [-0.1, -0.05) is 12.1 Å². The van der Waals surface area contributed by atoms with Gasteiger partial charge in [-0.25, -0.2) is 18.7 Å². The summed E-state index contributed by atoms with van der Waals surface area (Å²) in [6, 6.07) is 17.2. The molecule has 3 N–H and O–H groups in total. The third-order valence-electron chi connectivity index (χ3n) is 9.38. The van der Waals surface area contributed by atoms with Crippen LogP contribution < -0.4 is 25.4 Å². The van der Waals surface area contributed by atoms with Gasteiger partial charge in [-0.2, -0.15) is 0 Å². The predicted octanol–water partition coefficient (Wildman–Crippen LogP) is 7.08. The second kappa shape index (κ2) is 19.2. The van der Waals surface area contributed by atoms with Crippen molar-refractivity contribution in [1.29, 1.82) is 0 Å². The number of hydrogen-bond donors (Lipinski definition) is 3. The van der Waals surface area contributed by atoms with Crippen molar-refractivity contribution in [2.45, 2.75) is 60.4 Å². The summed E-state index contributed by atoms with van der Waals surface area (Å²) in [6.45, 7) is 2.98. The fourth-order valence-electron chi connectivity index (χ4n) is 6.22. The van der Waals surface area contributed by atoms with Crippen LogP contribution in [-0.4, -0.2) is 83.4 Å². The Morgan fingerprint density at radius 1 is 0.709 bits per heavy atom. The van der Waals surface area contributed by atoms with Crippen LogP contribution in [0.3, 0.4) is 0 Å². The van der Waals surface area contributed by atoms with Gasteiger partial charge in [-0.15, -0.1) is 23.5 Å². The SMILES string of the molecule is CSc1cccc(Oc2ncc(F)cc2C(=O)NC2CCN(C(=O)C3CC3)CC2)c1.CSc1cccc(Oc2ncc(F)cc2C(=O)NC2CCNCC2)c1. The molecule has 1 saturated carbocycles. The first kappa shape index (κ1) is 39.9. The molecule has 0 atom stereocenters. The number of carbonyl (C=O) groups excluding carboxylic acids is 3. The van der Waals surface area contributed by atoms with Crippen molar-refractivity contribution in [2.75, 3.05) is 38.7 Å². The van der Waals surface area contributed by atoms with Crippen molar-refractivity contribution in [2.24, 2.45) is 5.92 Å². The van der Waals surface area contributed by atoms with Crippen LogP contribution >= 0.6 is 23.5 Å². The lowest BCUT2D eigenvalue weighted by atomic mass is 10.0. The minimum atomic E-state index is -0.602. The molecule has 15 heteroatoms. The van der Waals surface area contributed by atoms with Crippen molar-refractivity contribution >= 4 is 41.2 Å². The highest BCUT2D eigenvalue weighted by molar-refractivity contribution is 7.98. The number of nitrogens with one attached hydrogen (secondary N) is 3. The molecule has 1 aliphatic carbocycles. The lowest BCUT2D eigenvalue weighted by Gasteiger charge is -2.32. The van der Waals surface area contributed by atoms with Gasteiger partial charge in [0.15, 0.2) is 0 Å². The first-order valence-corrected chi connectivity index (χ1v) is 20.7. The quantitative estimate of drug-likeness (QED) is 0.135. The monoisotopic (exact) mass is 790 g/mol. The summed E-state index contributed by atoms with van der Waals surface area (Å²) in [6.07, 6.45) is 11.0. The molecule has 3 amide bonds. The van der Waals surface area contributed by atoms with Gasteiger partial charge in [0, 0.05) is 40.9 Å². The number of ether oxygens (including phenoxy) is 2. The first-order chi connectivity index (χ1) is 26.7. The minimum Gasteiger partial charge on any atom is -0.438 e. The number of amides is 3. The molecule has 3 aliphatic rings. The normalized spacial score (nSPS) is 16.0. The van der Waals surface area contributed by atoms with E-state index in [1.54, 1.807) is 35.7 Å². The maximum atomic E-state index is 13.8. The Labute approximate surface area is 327 Å². The molecule has 4 aromatic rings. The van der Waals surface area contributed by atoms with E-state index >= 15 is 0 Å². The summed E-state index contributed by atoms with van der Waals surface area (Å²) in [5, 5.41) is 9.13. The highest BCUT2D eigenvalue weighted by Gasteiger charge is 2.35. The van der Waals surface area contributed by atoms with E-state index in [-0.39, 0.29) is 52.7 Å². The van der Waals surface area contributed by atoms with Gasteiger partial charge >= 0.3 is 0 Å². The van der Waals surface area contributed by atoms with Gasteiger partial charge in [0.2, 0.25) is 17.7 Å². The van der Waals surface area contributed by atoms with Crippen molar-refractivity contribution < 1.29 is 32.6 Å². The smallest absolute Gasteiger partial charge is 0.257 e. The fourth-order valence-corrected chi connectivity index (χ4v) is 7.12. The van der Waals surface area contributed by atoms with Gasteiger partial charge in [0.25, 0.3) is 11.8 Å². The largest absolute Gasteiger partial charge is 0.438 e. The van der Waals surface area contributed by atoms with Gasteiger partial charge in [-0.05, 0) is 113 Å². The van der Waals surface area contributed by atoms with Gasteiger partial charge < -0.3 is 30.3 Å². The number of benzene rings is 2. The zero-order chi connectivity index (χ0) is 38.7. The number of aromatic nitrogens is 2. The number of likely N-dealkylation sites (tertiary alicyclic amines) is 1. The van der Waals surface area contributed by atoms with Crippen LogP contribution in [-0.2, 0) is 4.79 Å². The Morgan fingerprint density at radius 3 is 1.64 bits per heavy atom. The maximum absolute atomic E-state index is 13.8. The first-order valence-electron chi connectivity index (χ1n) is 18.2. The molecular weight excluding hydrogens is 747 g/mol. The summed E-state index contributed by atoms with van der Waals surface area (Å²) in [5.74, 6) is -0.268. The third kappa shape index (κ3) is 11.4. The van der Waals surface area contributed by atoms with Crippen molar-refractivity contribution in [3.8, 4) is 23.3 Å². The van der Waals surface area contributed by atoms with Crippen LogP contribution in [0.25, 0.3) is 0 Å². The molecule has 55 heavy (non-hydrogen) atoms. The zero-order valence-electron chi connectivity index (χ0n) is 30.7. The minimum absolute atomic E-state index is 0.0565. The summed E-state index contributed by atoms with van der Waals surface area (Å²) < 4.78 is 39.0. The Kier molecular flexibility index (Phi) is 14.0. The predicted molar refractivity (Wildman–Crippen MR) is 208 cm³/mol. The number of piperidine rings is 2. The second-order valence-electron chi connectivity index (χ2n) is 13.4. The molecule has 2 aromatic carbocycles. The van der Waals surface area contributed by atoms with E-state index in [4.69, 9.17) is 9.47 Å². The topological polar surface area (TPSA) is 135 Å². The summed E-state index contributed by atoms with van der Waals surface area (Å²) in [4.78, 5) is 49.5. The molecule has 11 nitrogen and oxygen atoms in total. The number of carbonyl (C=O) groups is 3. The number of pyridine rings is 2. The van der Waals surface area contributed by atoms with E-state index in [1.165, 1.54) is 0 Å². The molecule has 2 aromatic heterocycles. The van der Waals surface area contributed by atoms with Crippen molar-refractivity contribution in [3.63, 3.8) is 0 Å². The van der Waals surface area contributed by atoms with E-state index in [0.29, 0.717) is 37.4 Å². The Balaban J connectivity index is 0.000000190. The molecule has 2 aliphatic heterocycles. The summed E-state index contributed by atoms with van der Waals surface area (Å²) >= 11 is 3.15. The van der Waals surface area contributed by atoms with Crippen LogP contribution in [0.5, 0.6) is 23.3 Å². The maximum Gasteiger partial charge on any atom is 0.257 e. The average Bonchev–Trinajstić information content (AvgIpc) is 4.06. The standard InChI is InChI=1S/C22H24FN3O3S.C18H20FN3O2S/c1-30-18-4-2-3-17(12-18)29-21-19(11-15(23)13-24-21)20(27)25-16-7-9-26(10-8-16)22(28)14-5-6-14;1-25-15-4-2-3-14(10-15)24-18-16(9-12(19)11-21-18)17(23)22-13-5-7-20-8-6-13/h2-4,11-14,16H,5-10H2,1H3,(H,25,27);2-4,9-11,13,20H,5-8H2,1H3,(H,22,23). The van der Waals surface area contributed by atoms with E-state index in [2.05, 4.69) is 25.9 Å². The van der Waals surface area contributed by atoms with Crippen LogP contribution in [0.4, 0.5) is 8.78 Å². The highest BCUT2D eigenvalue weighted by atomic mass is 32.2. The molecule has 4 heterocycles. The summed E-state index contributed by atoms with van der Waals surface area (Å²) in [7, 11) is 0. The highest BCUT2D eigenvalue weighted by Crippen LogP contribution is 2.32. The average molecular weight is 791 g/mol. The van der Waals surface area contributed by atoms with E-state index in [1.807, 2.05) is 53.8 Å². The van der Waals surface area contributed by atoms with Crippen LogP contribution in [0.2, 0.25) is 0 Å². The number of nitrogens with zero attached hydrogens (tertiary/aromatic N) is 3. The van der Waals surface area contributed by atoms with Gasteiger partial charge in [0.1, 0.15) is 34.3 Å². The number of hydrogen-bond acceptors (Lipinski definition) is 10. The van der Waals surface area contributed by atoms with Crippen molar-refractivity contribution in [3.05, 3.63) is 95.8 Å². The van der Waals surface area contributed by atoms with Gasteiger partial charge in [-0.3, -0.25) is 14.4 Å². The molecule has 0 spiro atoms. The molecule has 0 unspecified atom stereocenters. The number of halogens is 2.